The Morgan fingerprint density at radius 3 is 3.00 bits per heavy atom. The first-order valence-electron chi connectivity index (χ1n) is 1.63. The van der Waals surface area contributed by atoms with Crippen LogP contribution >= 0.6 is 11.9 Å². The van der Waals surface area contributed by atoms with Crippen LogP contribution in [0.2, 0.25) is 0 Å². The average Bonchev–Trinajstić information content (AvgIpc) is 1.86. The lowest BCUT2D eigenvalue weighted by atomic mass is 11.0. The van der Waals surface area contributed by atoms with Crippen LogP contribution in [0.1, 0.15) is 0 Å². The summed E-state index contributed by atoms with van der Waals surface area (Å²) in [6.45, 7) is 0. The number of hydrazine groups is 1. The third kappa shape index (κ3) is 0.666. The first-order chi connectivity index (χ1) is 2.89. The summed E-state index contributed by atoms with van der Waals surface area (Å²) in [5.41, 5.74) is 0. The Morgan fingerprint density at radius 2 is 2.83 bits per heavy atom. The fourth-order valence-electron chi connectivity index (χ4n) is 0.230. The molecule has 0 aromatic heterocycles. The average molecular weight is 101 g/mol. The van der Waals surface area contributed by atoms with Crippen molar-refractivity contribution in [3.05, 3.63) is 11.6 Å². The first-order valence-corrected chi connectivity index (χ1v) is 2.44. The minimum Gasteiger partial charge on any atom is -0.308 e. The van der Waals surface area contributed by atoms with Crippen LogP contribution in [0.15, 0.2) is 6.20 Å². The lowest BCUT2D eigenvalue weighted by Crippen LogP contribution is -2.17. The van der Waals surface area contributed by atoms with Gasteiger partial charge in [0.15, 0.2) is 0 Å². The van der Waals surface area contributed by atoms with Crippen molar-refractivity contribution in [1.82, 2.24) is 9.84 Å². The molecule has 33 valence electrons. The highest BCUT2D eigenvalue weighted by atomic mass is 32.2. The second-order valence-electron chi connectivity index (χ2n) is 1.05. The van der Waals surface area contributed by atoms with Crippen LogP contribution in [0.3, 0.4) is 0 Å². The molecular formula is C3H5N2S. The first kappa shape index (κ1) is 4.02. The molecule has 0 atom stereocenters. The van der Waals surface area contributed by atoms with Crippen molar-refractivity contribution >= 4 is 11.9 Å². The molecule has 0 saturated carbocycles. The molecule has 0 unspecified atom stereocenters. The quantitative estimate of drug-likeness (QED) is 0.443. The maximum atomic E-state index is 2.90. The number of hydrogen-bond acceptors (Lipinski definition) is 3. The van der Waals surface area contributed by atoms with Crippen LogP contribution in [-0.4, -0.2) is 12.1 Å². The number of nitrogens with zero attached hydrogens (tertiary/aromatic N) is 1. The Hall–Kier alpha value is -0.150. The third-order valence-electron chi connectivity index (χ3n) is 0.495. The highest BCUT2D eigenvalue weighted by Crippen LogP contribution is 2.02. The molecule has 1 radical (unpaired) electrons. The van der Waals surface area contributed by atoms with Crippen LogP contribution in [0.25, 0.3) is 0 Å². The summed E-state index contributed by atoms with van der Waals surface area (Å²) < 4.78 is 0. The van der Waals surface area contributed by atoms with E-state index in [4.69, 9.17) is 0 Å². The number of rotatable bonds is 0. The van der Waals surface area contributed by atoms with Crippen molar-refractivity contribution in [1.29, 1.82) is 0 Å². The van der Waals surface area contributed by atoms with Crippen molar-refractivity contribution < 1.29 is 0 Å². The van der Waals surface area contributed by atoms with Crippen LogP contribution in [0, 0.1) is 5.41 Å². The van der Waals surface area contributed by atoms with Crippen molar-refractivity contribution in [2.75, 3.05) is 7.05 Å². The van der Waals surface area contributed by atoms with Gasteiger partial charge in [0.2, 0.25) is 0 Å². The molecule has 0 saturated heterocycles. The Balaban J connectivity index is 2.38. The maximum Gasteiger partial charge on any atom is 0.0583 e. The Morgan fingerprint density at radius 1 is 2.00 bits per heavy atom. The molecule has 3 heteroatoms. The van der Waals surface area contributed by atoms with E-state index in [0.29, 0.717) is 0 Å². The van der Waals surface area contributed by atoms with E-state index in [0.717, 1.165) is 0 Å². The molecule has 0 aliphatic carbocycles. The highest BCUT2D eigenvalue weighted by Gasteiger charge is 1.92. The van der Waals surface area contributed by atoms with E-state index in [1.165, 1.54) is 11.9 Å². The van der Waals surface area contributed by atoms with E-state index >= 15 is 0 Å². The van der Waals surface area contributed by atoms with Gasteiger partial charge < -0.3 is 5.01 Å². The summed E-state index contributed by atoms with van der Waals surface area (Å²) in [7, 11) is 1.92. The summed E-state index contributed by atoms with van der Waals surface area (Å²) in [6.07, 6.45) is 1.84. The molecule has 0 spiro atoms. The van der Waals surface area contributed by atoms with E-state index in [9.17, 15) is 0 Å². The molecule has 6 heavy (non-hydrogen) atoms. The van der Waals surface area contributed by atoms with Crippen LogP contribution in [0.5, 0.6) is 0 Å². The molecule has 0 amide bonds. The molecule has 2 nitrogen and oxygen atoms in total. The molecule has 1 heterocycles. The normalized spacial score (nSPS) is 19.8. The van der Waals surface area contributed by atoms with Gasteiger partial charge in [0.25, 0.3) is 0 Å². The van der Waals surface area contributed by atoms with Crippen molar-refractivity contribution in [2.45, 2.75) is 0 Å². The molecule has 0 bridgehead atoms. The van der Waals surface area contributed by atoms with E-state index in [2.05, 4.69) is 10.2 Å². The van der Waals surface area contributed by atoms with Crippen molar-refractivity contribution in [3.8, 4) is 0 Å². The van der Waals surface area contributed by atoms with Crippen molar-refractivity contribution in [3.63, 3.8) is 0 Å². The van der Waals surface area contributed by atoms with Crippen LogP contribution < -0.4 is 4.83 Å². The Bertz CT molecular complexity index is 71.2. The summed E-state index contributed by atoms with van der Waals surface area (Å²) >= 11 is 1.45. The van der Waals surface area contributed by atoms with E-state index in [1.807, 2.05) is 18.3 Å². The number of hydrogen-bond donors (Lipinski definition) is 1. The van der Waals surface area contributed by atoms with Crippen molar-refractivity contribution in [2.24, 2.45) is 0 Å². The van der Waals surface area contributed by atoms with Gasteiger partial charge in [0.1, 0.15) is 0 Å². The zero-order chi connectivity index (χ0) is 4.41. The molecule has 1 rings (SSSR count). The SMILES string of the molecule is CN1C=[C]SN1. The second-order valence-corrected chi connectivity index (χ2v) is 1.67. The molecular weight excluding hydrogens is 96.1 g/mol. The molecule has 1 N–H and O–H groups in total. The Labute approximate surface area is 41.3 Å². The van der Waals surface area contributed by atoms with Gasteiger partial charge in [-0.25, -0.2) is 0 Å². The van der Waals surface area contributed by atoms with Gasteiger partial charge >= 0.3 is 0 Å². The summed E-state index contributed by atoms with van der Waals surface area (Å²) in [5, 5.41) is 4.72. The van der Waals surface area contributed by atoms with E-state index in [-0.39, 0.29) is 0 Å². The fraction of sp³-hybridized carbons (Fsp3) is 0.333. The minimum atomic E-state index is 1.45. The topological polar surface area (TPSA) is 15.3 Å². The predicted molar refractivity (Wildman–Crippen MR) is 26.3 cm³/mol. The van der Waals surface area contributed by atoms with Crippen LogP contribution in [0.4, 0.5) is 0 Å². The largest absolute Gasteiger partial charge is 0.308 e. The predicted octanol–water partition coefficient (Wildman–Crippen LogP) is 0.359. The van der Waals surface area contributed by atoms with Gasteiger partial charge in [0.05, 0.1) is 5.41 Å². The van der Waals surface area contributed by atoms with E-state index in [1.54, 1.807) is 0 Å². The smallest absolute Gasteiger partial charge is 0.0583 e. The zero-order valence-electron chi connectivity index (χ0n) is 3.43. The lowest BCUT2D eigenvalue weighted by Gasteiger charge is -2.02. The maximum absolute atomic E-state index is 2.90. The molecule has 0 aromatic rings. The van der Waals surface area contributed by atoms with Gasteiger partial charge in [0, 0.05) is 13.2 Å². The van der Waals surface area contributed by atoms with Gasteiger partial charge in [-0.3, -0.25) is 0 Å². The lowest BCUT2D eigenvalue weighted by molar-refractivity contribution is 0.444. The summed E-state index contributed by atoms with van der Waals surface area (Å²) in [6, 6.07) is 0. The molecule has 1 aliphatic rings. The van der Waals surface area contributed by atoms with Gasteiger partial charge in [-0.1, -0.05) is 0 Å². The zero-order valence-corrected chi connectivity index (χ0v) is 4.25. The van der Waals surface area contributed by atoms with Crippen LogP contribution in [-0.2, 0) is 0 Å². The highest BCUT2D eigenvalue weighted by molar-refractivity contribution is 7.99. The standard InChI is InChI=1S/C3H5N2S/c1-5-2-3-6-4-5/h2,4H,1H3. The third-order valence-corrected chi connectivity index (χ3v) is 1.10. The van der Waals surface area contributed by atoms with Gasteiger partial charge in [-0.05, 0) is 11.9 Å². The molecule has 0 aromatic carbocycles. The van der Waals surface area contributed by atoms with E-state index < -0.39 is 0 Å². The number of nitrogens with one attached hydrogen (secondary N) is 1. The second kappa shape index (κ2) is 1.53. The monoisotopic (exact) mass is 101 g/mol. The van der Waals surface area contributed by atoms with Gasteiger partial charge in [-0.15, -0.1) is 0 Å². The summed E-state index contributed by atoms with van der Waals surface area (Å²) in [5.74, 6) is 0. The minimum absolute atomic E-state index is 1.45. The molecule has 0 fully saturated rings. The summed E-state index contributed by atoms with van der Waals surface area (Å²) in [4.78, 5) is 2.90. The fourth-order valence-corrected chi connectivity index (χ4v) is 0.690. The Kier molecular flexibility index (Phi) is 1.03. The molecule has 1 aliphatic heterocycles. The van der Waals surface area contributed by atoms with Gasteiger partial charge in [-0.2, -0.15) is 4.83 Å².